The first-order chi connectivity index (χ1) is 14.4. The van der Waals surface area contributed by atoms with Crippen molar-refractivity contribution in [1.29, 1.82) is 0 Å². The van der Waals surface area contributed by atoms with Crippen LogP contribution in [0.4, 0.5) is 17.2 Å². The van der Waals surface area contributed by atoms with Crippen molar-refractivity contribution in [2.45, 2.75) is 25.4 Å². The number of hydrogen-bond acceptors (Lipinski definition) is 8. The zero-order valence-electron chi connectivity index (χ0n) is 17.9. The average molecular weight is 447 g/mol. The molecule has 2 aromatic rings. The monoisotopic (exact) mass is 447 g/mol. The first-order valence-electron chi connectivity index (χ1n) is 10.3. The van der Waals surface area contributed by atoms with Gasteiger partial charge in [0.05, 0.1) is 18.5 Å². The van der Waals surface area contributed by atoms with E-state index in [1.807, 2.05) is 18.3 Å². The third kappa shape index (κ3) is 5.24. The molecule has 0 bridgehead atoms. The topological polar surface area (TPSA) is 103 Å². The summed E-state index contributed by atoms with van der Waals surface area (Å²) in [5, 5.41) is 21.8. The smallest absolute Gasteiger partial charge is 0.423 e. The molecule has 0 amide bonds. The molecule has 4 heterocycles. The number of pyridine rings is 2. The SMILES string of the molecule is C[C@H]1CN(C2CCOC2)CCN1c1ccc(Nc2cc(B(O)O)cn(C)c2=O)nc1.S. The van der Waals surface area contributed by atoms with Crippen molar-refractivity contribution in [3.8, 4) is 0 Å². The highest BCUT2D eigenvalue weighted by Crippen LogP contribution is 2.24. The number of hydrogen-bond donors (Lipinski definition) is 3. The van der Waals surface area contributed by atoms with E-state index in [1.165, 1.54) is 16.8 Å². The maximum absolute atomic E-state index is 12.3. The van der Waals surface area contributed by atoms with Gasteiger partial charge in [-0.15, -0.1) is 0 Å². The van der Waals surface area contributed by atoms with Crippen LogP contribution in [0.5, 0.6) is 0 Å². The Morgan fingerprint density at radius 3 is 2.71 bits per heavy atom. The van der Waals surface area contributed by atoms with Crippen molar-refractivity contribution >= 4 is 43.3 Å². The molecule has 0 aliphatic carbocycles. The summed E-state index contributed by atoms with van der Waals surface area (Å²) in [5.41, 5.74) is 1.24. The average Bonchev–Trinajstić information content (AvgIpc) is 3.27. The van der Waals surface area contributed by atoms with Gasteiger partial charge in [-0.05, 0) is 31.5 Å². The first kappa shape index (κ1) is 23.6. The van der Waals surface area contributed by atoms with Gasteiger partial charge in [-0.2, -0.15) is 13.5 Å². The Labute approximate surface area is 189 Å². The molecule has 4 rings (SSSR count). The third-order valence-corrected chi connectivity index (χ3v) is 5.93. The largest absolute Gasteiger partial charge is 0.490 e. The Morgan fingerprint density at radius 1 is 1.29 bits per heavy atom. The van der Waals surface area contributed by atoms with E-state index in [0.717, 1.165) is 45.0 Å². The molecule has 168 valence electrons. The molecule has 2 aliphatic heterocycles. The minimum atomic E-state index is -1.65. The van der Waals surface area contributed by atoms with Crippen LogP contribution >= 0.6 is 13.5 Å². The number of rotatable bonds is 5. The second-order valence-electron chi connectivity index (χ2n) is 8.06. The number of ether oxygens (including phenoxy) is 1. The highest BCUT2D eigenvalue weighted by Gasteiger charge is 2.30. The van der Waals surface area contributed by atoms with Gasteiger partial charge in [0.1, 0.15) is 11.5 Å². The van der Waals surface area contributed by atoms with Crippen LogP contribution in [0.25, 0.3) is 0 Å². The Bertz CT molecular complexity index is 936. The molecule has 2 fully saturated rings. The van der Waals surface area contributed by atoms with Crippen molar-refractivity contribution in [1.82, 2.24) is 14.5 Å². The number of anilines is 3. The molecule has 2 saturated heterocycles. The fourth-order valence-electron chi connectivity index (χ4n) is 4.25. The second kappa shape index (κ2) is 10.1. The number of nitrogens with zero attached hydrogens (tertiary/aromatic N) is 4. The van der Waals surface area contributed by atoms with Gasteiger partial charge >= 0.3 is 7.12 Å². The van der Waals surface area contributed by atoms with Crippen molar-refractivity contribution in [2.24, 2.45) is 7.05 Å². The Hall–Kier alpha value is -2.05. The van der Waals surface area contributed by atoms with Gasteiger partial charge in [0.25, 0.3) is 5.56 Å². The molecule has 2 atom stereocenters. The molecule has 31 heavy (non-hydrogen) atoms. The Kier molecular flexibility index (Phi) is 7.66. The molecule has 2 aliphatic rings. The van der Waals surface area contributed by atoms with Gasteiger partial charge in [-0.25, -0.2) is 4.98 Å². The molecular formula is C20H30BN5O4S. The van der Waals surface area contributed by atoms with E-state index in [4.69, 9.17) is 4.74 Å². The predicted octanol–water partition coefficient (Wildman–Crippen LogP) is -0.384. The van der Waals surface area contributed by atoms with Gasteiger partial charge in [-0.3, -0.25) is 9.69 Å². The minimum Gasteiger partial charge on any atom is -0.423 e. The van der Waals surface area contributed by atoms with Crippen molar-refractivity contribution < 1.29 is 14.8 Å². The highest BCUT2D eigenvalue weighted by molar-refractivity contribution is 7.59. The van der Waals surface area contributed by atoms with E-state index in [2.05, 4.69) is 27.0 Å². The maximum atomic E-state index is 12.3. The summed E-state index contributed by atoms with van der Waals surface area (Å²) in [7, 11) is -0.0853. The highest BCUT2D eigenvalue weighted by atomic mass is 32.1. The third-order valence-electron chi connectivity index (χ3n) is 5.93. The number of aromatic nitrogens is 2. The van der Waals surface area contributed by atoms with Crippen LogP contribution in [0, 0.1) is 0 Å². The molecule has 0 aromatic carbocycles. The molecule has 0 spiro atoms. The van der Waals surface area contributed by atoms with E-state index in [0.29, 0.717) is 17.9 Å². The van der Waals surface area contributed by atoms with Crippen molar-refractivity contribution in [3.05, 3.63) is 40.9 Å². The fraction of sp³-hybridized carbons (Fsp3) is 0.500. The quantitative estimate of drug-likeness (QED) is 0.533. The molecule has 2 aromatic heterocycles. The molecule has 3 N–H and O–H groups in total. The van der Waals surface area contributed by atoms with Crippen LogP contribution in [0.1, 0.15) is 13.3 Å². The summed E-state index contributed by atoms with van der Waals surface area (Å²) >= 11 is 0. The summed E-state index contributed by atoms with van der Waals surface area (Å²) in [4.78, 5) is 21.7. The Morgan fingerprint density at radius 2 is 2.10 bits per heavy atom. The van der Waals surface area contributed by atoms with Crippen LogP contribution in [0.3, 0.4) is 0 Å². The lowest BCUT2D eigenvalue weighted by molar-refractivity contribution is 0.129. The normalized spacial score (nSPS) is 21.6. The predicted molar refractivity (Wildman–Crippen MR) is 127 cm³/mol. The zero-order valence-corrected chi connectivity index (χ0v) is 18.9. The van der Waals surface area contributed by atoms with Crippen LogP contribution < -0.4 is 21.2 Å². The van der Waals surface area contributed by atoms with Crippen molar-refractivity contribution in [2.75, 3.05) is 43.1 Å². The lowest BCUT2D eigenvalue weighted by atomic mass is 9.81. The van der Waals surface area contributed by atoms with Crippen molar-refractivity contribution in [3.63, 3.8) is 0 Å². The molecule has 1 unspecified atom stereocenters. The fourth-order valence-corrected chi connectivity index (χ4v) is 4.25. The summed E-state index contributed by atoms with van der Waals surface area (Å²) in [6, 6.07) is 6.16. The maximum Gasteiger partial charge on any atom is 0.490 e. The van der Waals surface area contributed by atoms with Gasteiger partial charge in [0, 0.05) is 57.0 Å². The summed E-state index contributed by atoms with van der Waals surface area (Å²) in [6.45, 7) is 6.86. The molecule has 11 heteroatoms. The van der Waals surface area contributed by atoms with Gasteiger partial charge in [0.2, 0.25) is 0 Å². The van der Waals surface area contributed by atoms with Gasteiger partial charge in [0.15, 0.2) is 0 Å². The van der Waals surface area contributed by atoms with Gasteiger partial charge < -0.3 is 29.6 Å². The van der Waals surface area contributed by atoms with E-state index < -0.39 is 7.12 Å². The zero-order chi connectivity index (χ0) is 21.3. The van der Waals surface area contributed by atoms with E-state index in [9.17, 15) is 14.8 Å². The number of nitrogens with one attached hydrogen (secondary N) is 1. The summed E-state index contributed by atoms with van der Waals surface area (Å²) in [5.74, 6) is 0.523. The van der Waals surface area contributed by atoms with E-state index in [-0.39, 0.29) is 30.2 Å². The van der Waals surface area contributed by atoms with Crippen LogP contribution in [-0.4, -0.2) is 76.5 Å². The lowest BCUT2D eigenvalue weighted by Crippen LogP contribution is -2.55. The first-order valence-corrected chi connectivity index (χ1v) is 10.3. The molecule has 9 nitrogen and oxygen atoms in total. The minimum absolute atomic E-state index is 0. The van der Waals surface area contributed by atoms with Crippen LogP contribution in [0.2, 0.25) is 0 Å². The van der Waals surface area contributed by atoms with E-state index >= 15 is 0 Å². The summed E-state index contributed by atoms with van der Waals surface area (Å²) in [6.07, 6.45) is 4.32. The van der Waals surface area contributed by atoms with E-state index in [1.54, 1.807) is 7.05 Å². The van der Waals surface area contributed by atoms with Crippen LogP contribution in [0.15, 0.2) is 35.4 Å². The molecule has 0 saturated carbocycles. The summed E-state index contributed by atoms with van der Waals surface area (Å²) < 4.78 is 6.84. The lowest BCUT2D eigenvalue weighted by Gasteiger charge is -2.43. The number of piperazine rings is 1. The molecular weight excluding hydrogens is 417 g/mol. The number of aryl methyl sites for hydroxylation is 1. The Balaban J connectivity index is 0.00000272. The standard InChI is InChI=1S/C20H28BN5O4.H2S/c1-14-11-25(17-5-8-30-13-17)6-7-26(14)16-3-4-19(22-10-16)23-18-9-15(21(28)29)12-24(2)20(18)27;/h3-4,9-10,12,14,17,28-29H,5-8,11,13H2,1-2H3,(H,22,23);1H2/t14-,17?;/m0./s1. The van der Waals surface area contributed by atoms with Crippen LogP contribution in [-0.2, 0) is 11.8 Å². The molecule has 0 radical (unpaired) electrons. The van der Waals surface area contributed by atoms with Gasteiger partial charge in [-0.1, -0.05) is 0 Å². The second-order valence-corrected chi connectivity index (χ2v) is 8.06.